The van der Waals surface area contributed by atoms with Gasteiger partial charge in [0.15, 0.2) is 0 Å². The largest absolute Gasteiger partial charge is 0.456 e. The molecule has 1 nitrogen and oxygen atoms in total. The zero-order valence-electron chi connectivity index (χ0n) is 28.1. The van der Waals surface area contributed by atoms with E-state index in [-0.39, 0.29) is 10.8 Å². The molecule has 0 aliphatic rings. The molecule has 47 heavy (non-hydrogen) atoms. The lowest BCUT2D eigenvalue weighted by Crippen LogP contribution is -2.10. The van der Waals surface area contributed by atoms with Crippen molar-refractivity contribution in [3.63, 3.8) is 0 Å². The zero-order chi connectivity index (χ0) is 32.5. The van der Waals surface area contributed by atoms with Crippen molar-refractivity contribution < 1.29 is 4.42 Å². The zero-order valence-corrected chi connectivity index (χ0v) is 28.1. The molecule has 230 valence electrons. The van der Waals surface area contributed by atoms with Crippen LogP contribution in [-0.2, 0) is 10.8 Å². The summed E-state index contributed by atoms with van der Waals surface area (Å²) in [5.41, 5.74) is 12.1. The number of furan rings is 1. The smallest absolute Gasteiger partial charge is 0.135 e. The molecule has 1 aromatic heterocycles. The lowest BCUT2D eigenvalue weighted by atomic mass is 9.86. The Balaban J connectivity index is 1.14. The molecule has 7 aromatic carbocycles. The van der Waals surface area contributed by atoms with E-state index in [9.17, 15) is 0 Å². The summed E-state index contributed by atoms with van der Waals surface area (Å²) in [5.74, 6) is 0. The molecule has 0 N–H and O–H groups in total. The molecule has 0 atom stereocenters. The standard InChI is InChI=1S/C46H40O/c1-45(2,3)39-17-11-29(12-18-39)31-7-9-33-26-38-24-32(8-10-34(38)25-37(33)23-31)36-16-22-44-42(28-36)41-27-35(15-21-43(41)47-44)30-13-19-40(20-14-30)46(4,5)6/h7-28H,1-6H3. The van der Waals surface area contributed by atoms with Crippen LogP contribution in [0.2, 0.25) is 0 Å². The van der Waals surface area contributed by atoms with Crippen LogP contribution >= 0.6 is 0 Å². The van der Waals surface area contributed by atoms with Crippen molar-refractivity contribution in [2.24, 2.45) is 0 Å². The Morgan fingerprint density at radius 2 is 0.660 bits per heavy atom. The molecule has 1 heterocycles. The number of hydrogen-bond acceptors (Lipinski definition) is 1. The van der Waals surface area contributed by atoms with Gasteiger partial charge in [0.1, 0.15) is 11.2 Å². The van der Waals surface area contributed by atoms with Crippen LogP contribution < -0.4 is 0 Å². The average molecular weight is 609 g/mol. The van der Waals surface area contributed by atoms with Crippen LogP contribution in [0.5, 0.6) is 0 Å². The molecule has 0 spiro atoms. The molecular formula is C46H40O. The van der Waals surface area contributed by atoms with Crippen LogP contribution in [0.3, 0.4) is 0 Å². The van der Waals surface area contributed by atoms with Gasteiger partial charge in [-0.25, -0.2) is 0 Å². The third-order valence-electron chi connectivity index (χ3n) is 9.77. The van der Waals surface area contributed by atoms with Gasteiger partial charge in [0.2, 0.25) is 0 Å². The Morgan fingerprint density at radius 3 is 1.09 bits per heavy atom. The number of rotatable bonds is 3. The topological polar surface area (TPSA) is 13.1 Å². The maximum atomic E-state index is 6.28. The quantitative estimate of drug-likeness (QED) is 0.182. The van der Waals surface area contributed by atoms with Crippen LogP contribution in [0, 0.1) is 0 Å². The van der Waals surface area contributed by atoms with E-state index in [1.807, 2.05) is 0 Å². The van der Waals surface area contributed by atoms with Gasteiger partial charge in [0.25, 0.3) is 0 Å². The van der Waals surface area contributed by atoms with Gasteiger partial charge in [0, 0.05) is 10.8 Å². The van der Waals surface area contributed by atoms with E-state index in [2.05, 4.69) is 175 Å². The highest BCUT2D eigenvalue weighted by Crippen LogP contribution is 2.37. The molecule has 0 unspecified atom stereocenters. The first-order valence-corrected chi connectivity index (χ1v) is 16.7. The fraction of sp³-hybridized carbons (Fsp3) is 0.174. The van der Waals surface area contributed by atoms with Crippen molar-refractivity contribution in [3.05, 3.63) is 145 Å². The number of fused-ring (bicyclic) bond motifs is 5. The lowest BCUT2D eigenvalue weighted by Gasteiger charge is -2.19. The number of hydrogen-bond donors (Lipinski definition) is 0. The van der Waals surface area contributed by atoms with Crippen molar-refractivity contribution in [2.75, 3.05) is 0 Å². The molecule has 8 rings (SSSR count). The second-order valence-electron chi connectivity index (χ2n) is 15.2. The van der Waals surface area contributed by atoms with Crippen molar-refractivity contribution in [1.82, 2.24) is 0 Å². The van der Waals surface area contributed by atoms with Crippen LogP contribution in [0.4, 0.5) is 0 Å². The molecule has 1 heteroatoms. The highest BCUT2D eigenvalue weighted by molar-refractivity contribution is 6.08. The van der Waals surface area contributed by atoms with Crippen LogP contribution in [0.1, 0.15) is 52.7 Å². The molecule has 8 aromatic rings. The first kappa shape index (κ1) is 29.3. The maximum Gasteiger partial charge on any atom is 0.135 e. The molecule has 0 saturated heterocycles. The van der Waals surface area contributed by atoms with Gasteiger partial charge < -0.3 is 4.42 Å². The van der Waals surface area contributed by atoms with E-state index in [1.54, 1.807) is 0 Å². The van der Waals surface area contributed by atoms with Gasteiger partial charge in [-0.2, -0.15) is 0 Å². The minimum Gasteiger partial charge on any atom is -0.456 e. The Hall–Kier alpha value is -5.14. The third-order valence-corrected chi connectivity index (χ3v) is 9.77. The monoisotopic (exact) mass is 608 g/mol. The molecule has 0 radical (unpaired) electrons. The molecule has 0 amide bonds. The van der Waals surface area contributed by atoms with E-state index in [4.69, 9.17) is 4.42 Å². The normalized spacial score (nSPS) is 12.5. The summed E-state index contributed by atoms with van der Waals surface area (Å²) in [4.78, 5) is 0. The van der Waals surface area contributed by atoms with Gasteiger partial charge >= 0.3 is 0 Å². The Kier molecular flexibility index (Phi) is 6.67. The SMILES string of the molecule is CC(C)(C)c1ccc(-c2ccc3cc4cc(-c5ccc6oc7ccc(-c8ccc(C(C)(C)C)cc8)cc7c6c5)ccc4cc3c2)cc1. The molecular weight excluding hydrogens is 569 g/mol. The minimum atomic E-state index is 0.137. The summed E-state index contributed by atoms with van der Waals surface area (Å²) >= 11 is 0. The van der Waals surface area contributed by atoms with E-state index in [0.29, 0.717) is 0 Å². The fourth-order valence-electron chi connectivity index (χ4n) is 6.82. The molecule has 0 bridgehead atoms. The van der Waals surface area contributed by atoms with Gasteiger partial charge in [-0.15, -0.1) is 0 Å². The Labute approximate surface area is 277 Å². The highest BCUT2D eigenvalue weighted by Gasteiger charge is 2.15. The van der Waals surface area contributed by atoms with Gasteiger partial charge in [-0.05, 0) is 125 Å². The summed E-state index contributed by atoms with van der Waals surface area (Å²) in [6.07, 6.45) is 0. The summed E-state index contributed by atoms with van der Waals surface area (Å²) in [5, 5.41) is 7.30. The van der Waals surface area contributed by atoms with Crippen molar-refractivity contribution in [3.8, 4) is 33.4 Å². The van der Waals surface area contributed by atoms with Crippen molar-refractivity contribution >= 4 is 43.5 Å². The number of benzene rings is 7. The van der Waals surface area contributed by atoms with E-state index < -0.39 is 0 Å². The first-order valence-electron chi connectivity index (χ1n) is 16.7. The predicted octanol–water partition coefficient (Wildman–Crippen LogP) is 13.5. The second-order valence-corrected chi connectivity index (χ2v) is 15.2. The Bertz CT molecular complexity index is 2440. The van der Waals surface area contributed by atoms with E-state index in [1.165, 1.54) is 66.1 Å². The van der Waals surface area contributed by atoms with Gasteiger partial charge in [-0.3, -0.25) is 0 Å². The average Bonchev–Trinajstić information content (AvgIpc) is 3.43. The summed E-state index contributed by atoms with van der Waals surface area (Å²) < 4.78 is 6.28. The van der Waals surface area contributed by atoms with Crippen molar-refractivity contribution in [1.29, 1.82) is 0 Å². The molecule has 0 fully saturated rings. The molecule has 0 saturated carbocycles. The second kappa shape index (κ2) is 10.7. The predicted molar refractivity (Wildman–Crippen MR) is 202 cm³/mol. The summed E-state index contributed by atoms with van der Waals surface area (Å²) in [6.45, 7) is 13.5. The molecule has 0 aliphatic heterocycles. The van der Waals surface area contributed by atoms with Crippen LogP contribution in [0.15, 0.2) is 138 Å². The van der Waals surface area contributed by atoms with Crippen LogP contribution in [0.25, 0.3) is 76.9 Å². The maximum absolute atomic E-state index is 6.28. The van der Waals surface area contributed by atoms with E-state index in [0.717, 1.165) is 21.9 Å². The fourth-order valence-corrected chi connectivity index (χ4v) is 6.82. The first-order chi connectivity index (χ1) is 22.5. The third kappa shape index (κ3) is 5.40. The molecule has 0 aliphatic carbocycles. The lowest BCUT2D eigenvalue weighted by molar-refractivity contribution is 0.590. The van der Waals surface area contributed by atoms with E-state index >= 15 is 0 Å². The minimum absolute atomic E-state index is 0.137. The summed E-state index contributed by atoms with van der Waals surface area (Å²) in [6, 6.07) is 49.4. The Morgan fingerprint density at radius 1 is 0.319 bits per heavy atom. The highest BCUT2D eigenvalue weighted by atomic mass is 16.3. The van der Waals surface area contributed by atoms with Gasteiger partial charge in [0.05, 0.1) is 0 Å². The van der Waals surface area contributed by atoms with Crippen molar-refractivity contribution in [2.45, 2.75) is 52.4 Å². The van der Waals surface area contributed by atoms with Gasteiger partial charge in [-0.1, -0.05) is 126 Å². The van der Waals surface area contributed by atoms with Crippen LogP contribution in [-0.4, -0.2) is 0 Å². The summed E-state index contributed by atoms with van der Waals surface area (Å²) in [7, 11) is 0.